The molecule has 1 aliphatic heterocycles. The quantitative estimate of drug-likeness (QED) is 0.414. The van der Waals surface area contributed by atoms with E-state index in [0.29, 0.717) is 22.4 Å². The van der Waals surface area contributed by atoms with E-state index in [1.165, 1.54) is 19.2 Å². The van der Waals surface area contributed by atoms with Crippen LogP contribution in [0.15, 0.2) is 77.5 Å². The normalized spacial score (nSPS) is 15.2. The predicted octanol–water partition coefficient (Wildman–Crippen LogP) is 3.92. The molecule has 7 nitrogen and oxygen atoms in total. The summed E-state index contributed by atoms with van der Waals surface area (Å²) in [7, 11) is 1.47. The van der Waals surface area contributed by atoms with Crippen LogP contribution in [-0.4, -0.2) is 46.8 Å². The lowest BCUT2D eigenvalue weighted by molar-refractivity contribution is -0.141. The van der Waals surface area contributed by atoms with Crippen molar-refractivity contribution in [3.63, 3.8) is 0 Å². The molecule has 0 spiro atoms. The minimum Gasteiger partial charge on any atom is -0.383 e. The molecule has 2 aromatic carbocycles. The highest BCUT2D eigenvalue weighted by Crippen LogP contribution is 2.31. The van der Waals surface area contributed by atoms with Crippen molar-refractivity contribution in [2.75, 3.05) is 20.3 Å². The first-order chi connectivity index (χ1) is 16.4. The fourth-order valence-electron chi connectivity index (χ4n) is 3.71. The van der Waals surface area contributed by atoms with Gasteiger partial charge < -0.3 is 4.74 Å². The minimum atomic E-state index is -0.641. The molecule has 0 saturated carbocycles. The molecule has 0 N–H and O–H groups in total. The van der Waals surface area contributed by atoms with Gasteiger partial charge in [-0.05, 0) is 55.0 Å². The molecule has 0 bridgehead atoms. The Morgan fingerprint density at radius 1 is 1.09 bits per heavy atom. The Balaban J connectivity index is 1.89. The summed E-state index contributed by atoms with van der Waals surface area (Å²) in [6, 6.07) is 17.2. The smallest absolute Gasteiger partial charge is 0.271 e. The Kier molecular flexibility index (Phi) is 6.48. The van der Waals surface area contributed by atoms with Crippen LogP contribution in [0.5, 0.6) is 0 Å². The van der Waals surface area contributed by atoms with Crippen LogP contribution in [0.3, 0.4) is 0 Å². The lowest BCUT2D eigenvalue weighted by Crippen LogP contribution is -2.44. The molecule has 8 heteroatoms. The van der Waals surface area contributed by atoms with E-state index in [0.717, 1.165) is 10.6 Å². The first kappa shape index (κ1) is 22.8. The van der Waals surface area contributed by atoms with Crippen molar-refractivity contribution in [2.24, 2.45) is 0 Å². The summed E-state index contributed by atoms with van der Waals surface area (Å²) in [5.74, 6) is -1.53. The minimum absolute atomic E-state index is 0.0259. The number of methoxy groups -OCH3 is 1. The number of hydrogen-bond donors (Lipinski definition) is 0. The second-order valence-electron chi connectivity index (χ2n) is 7.64. The van der Waals surface area contributed by atoms with Gasteiger partial charge in [-0.3, -0.25) is 14.5 Å². The number of imide groups is 1. The van der Waals surface area contributed by atoms with Crippen molar-refractivity contribution in [1.29, 1.82) is 5.26 Å². The van der Waals surface area contributed by atoms with Gasteiger partial charge in [0.1, 0.15) is 17.5 Å². The van der Waals surface area contributed by atoms with E-state index in [2.05, 4.69) is 5.10 Å². The van der Waals surface area contributed by atoms with Gasteiger partial charge in [0.2, 0.25) is 0 Å². The van der Waals surface area contributed by atoms with Gasteiger partial charge in [-0.1, -0.05) is 18.2 Å². The molecule has 0 radical (unpaired) electrons. The number of carbonyl (C=O) groups excluding carboxylic acids is 2. The molecule has 2 heterocycles. The van der Waals surface area contributed by atoms with Gasteiger partial charge in [0.25, 0.3) is 11.8 Å². The fraction of sp³-hybridized carbons (Fsp3) is 0.154. The highest BCUT2D eigenvalue weighted by molar-refractivity contribution is 6.19. The maximum Gasteiger partial charge on any atom is 0.271 e. The molecule has 170 valence electrons. The molecule has 1 aromatic heterocycles. The van der Waals surface area contributed by atoms with Crippen LogP contribution in [0.1, 0.15) is 12.5 Å². The van der Waals surface area contributed by atoms with Crippen LogP contribution in [0.25, 0.3) is 23.0 Å². The largest absolute Gasteiger partial charge is 0.383 e. The monoisotopic (exact) mass is 456 g/mol. The first-order valence-corrected chi connectivity index (χ1v) is 10.5. The molecule has 4 rings (SSSR count). The molecule has 0 atom stereocenters. The van der Waals surface area contributed by atoms with Crippen molar-refractivity contribution >= 4 is 17.9 Å². The second kappa shape index (κ2) is 9.65. The van der Waals surface area contributed by atoms with E-state index < -0.39 is 11.8 Å². The third-order valence-corrected chi connectivity index (χ3v) is 5.53. The summed E-state index contributed by atoms with van der Waals surface area (Å²) in [5, 5.41) is 14.3. The third-order valence-electron chi connectivity index (χ3n) is 5.53. The van der Waals surface area contributed by atoms with Crippen LogP contribution in [0.4, 0.5) is 4.39 Å². The van der Waals surface area contributed by atoms with Crippen LogP contribution in [0.2, 0.25) is 0 Å². The van der Waals surface area contributed by atoms with Gasteiger partial charge in [0.15, 0.2) is 0 Å². The third kappa shape index (κ3) is 4.29. The average Bonchev–Trinajstić information content (AvgIpc) is 3.27. The lowest BCUT2D eigenvalue weighted by atomic mass is 9.93. The van der Waals surface area contributed by atoms with Crippen molar-refractivity contribution in [1.82, 2.24) is 14.7 Å². The van der Waals surface area contributed by atoms with Crippen LogP contribution in [0, 0.1) is 17.1 Å². The van der Waals surface area contributed by atoms with Gasteiger partial charge >= 0.3 is 0 Å². The van der Waals surface area contributed by atoms with Gasteiger partial charge in [-0.15, -0.1) is 0 Å². The lowest BCUT2D eigenvalue weighted by Gasteiger charge is -2.27. The first-order valence-electron chi connectivity index (χ1n) is 10.5. The molecule has 1 aliphatic rings. The molecular formula is C26H21FN4O3. The molecule has 0 unspecified atom stereocenters. The zero-order chi connectivity index (χ0) is 24.2. The Hall–Kier alpha value is -4.35. The van der Waals surface area contributed by atoms with Crippen LogP contribution in [-0.2, 0) is 14.3 Å². The molecule has 3 aromatic rings. The second-order valence-corrected chi connectivity index (χ2v) is 7.64. The fourth-order valence-corrected chi connectivity index (χ4v) is 3.71. The highest BCUT2D eigenvalue weighted by Gasteiger charge is 2.35. The maximum atomic E-state index is 13.5. The predicted molar refractivity (Wildman–Crippen MR) is 124 cm³/mol. The van der Waals surface area contributed by atoms with Crippen molar-refractivity contribution in [3.8, 4) is 23.0 Å². The molecule has 0 fully saturated rings. The Labute approximate surface area is 196 Å². The highest BCUT2D eigenvalue weighted by atomic mass is 19.1. The average molecular weight is 456 g/mol. The number of ether oxygens (including phenoxy) is 1. The molecule has 2 amide bonds. The summed E-state index contributed by atoms with van der Waals surface area (Å²) in [6.45, 7) is 1.75. The number of rotatable bonds is 6. The van der Waals surface area contributed by atoms with Crippen molar-refractivity contribution < 1.29 is 18.7 Å². The molecular weight excluding hydrogens is 435 g/mol. The number of nitriles is 1. The van der Waals surface area contributed by atoms with E-state index in [1.807, 2.05) is 36.4 Å². The molecule has 0 saturated heterocycles. The number of benzene rings is 2. The summed E-state index contributed by atoms with van der Waals surface area (Å²) >= 11 is 0. The van der Waals surface area contributed by atoms with Crippen molar-refractivity contribution in [3.05, 3.63) is 88.9 Å². The van der Waals surface area contributed by atoms with E-state index in [9.17, 15) is 19.2 Å². The Morgan fingerprint density at radius 2 is 1.79 bits per heavy atom. The number of aromatic nitrogens is 2. The zero-order valence-electron chi connectivity index (χ0n) is 18.7. The SMILES string of the molecule is COCCN1C(=O)C(C#N)=C(C)/C(=C\c2cn(-c3ccccc3)nc2-c2ccc(F)cc2)C1=O. The number of carbonyl (C=O) groups is 2. The van der Waals surface area contributed by atoms with Crippen LogP contribution >= 0.6 is 0 Å². The van der Waals surface area contributed by atoms with Crippen LogP contribution < -0.4 is 0 Å². The standard InChI is InChI=1S/C26H21FN4O3/c1-17-22(25(32)30(12-13-34-2)26(33)23(17)15-28)14-19-16-31(21-6-4-3-5-7-21)29-24(19)18-8-10-20(27)11-9-18/h3-11,14,16H,12-13H2,1-2H3/b22-14+. The topological polar surface area (TPSA) is 88.2 Å². The number of amides is 2. The van der Waals surface area contributed by atoms with Gasteiger partial charge in [0, 0.05) is 30.0 Å². The Morgan fingerprint density at radius 3 is 2.44 bits per heavy atom. The Bertz CT molecular complexity index is 1350. The van der Waals surface area contributed by atoms with Gasteiger partial charge in [-0.2, -0.15) is 10.4 Å². The number of nitrogens with zero attached hydrogens (tertiary/aromatic N) is 4. The number of halogens is 1. The van der Waals surface area contributed by atoms with E-state index in [-0.39, 0.29) is 30.1 Å². The molecule has 0 aliphatic carbocycles. The summed E-state index contributed by atoms with van der Waals surface area (Å²) in [4.78, 5) is 26.9. The zero-order valence-corrected chi connectivity index (χ0v) is 18.7. The summed E-state index contributed by atoms with van der Waals surface area (Å²) in [6.07, 6.45) is 3.37. The maximum absolute atomic E-state index is 13.5. The number of hydrogen-bond acceptors (Lipinski definition) is 5. The van der Waals surface area contributed by atoms with Gasteiger partial charge in [-0.25, -0.2) is 9.07 Å². The van der Waals surface area contributed by atoms with E-state index in [4.69, 9.17) is 4.74 Å². The van der Waals surface area contributed by atoms with E-state index in [1.54, 1.807) is 36.0 Å². The molecule has 34 heavy (non-hydrogen) atoms. The summed E-state index contributed by atoms with van der Waals surface area (Å²) in [5.41, 5.74) is 2.97. The van der Waals surface area contributed by atoms with Crippen molar-refractivity contribution in [2.45, 2.75) is 6.92 Å². The number of para-hydroxylation sites is 1. The van der Waals surface area contributed by atoms with E-state index >= 15 is 0 Å². The summed E-state index contributed by atoms with van der Waals surface area (Å²) < 4.78 is 20.2. The van der Waals surface area contributed by atoms with Gasteiger partial charge in [0.05, 0.1) is 24.5 Å².